The summed E-state index contributed by atoms with van der Waals surface area (Å²) in [6.07, 6.45) is 1.01. The zero-order valence-corrected chi connectivity index (χ0v) is 14.3. The molecule has 6 nitrogen and oxygen atoms in total. The smallest absolute Gasteiger partial charge is 0.332 e. The third kappa shape index (κ3) is 3.65. The van der Waals surface area contributed by atoms with Crippen molar-refractivity contribution in [2.24, 2.45) is 7.05 Å². The molecule has 132 valence electrons. The number of nitrogens with zero attached hydrogens (tertiary/aromatic N) is 2. The van der Waals surface area contributed by atoms with E-state index in [0.717, 1.165) is 15.7 Å². The summed E-state index contributed by atoms with van der Waals surface area (Å²) in [7, 11) is 1.45. The maximum Gasteiger partial charge on any atom is 0.332 e. The van der Waals surface area contributed by atoms with Gasteiger partial charge < -0.3 is 9.47 Å². The minimum atomic E-state index is -0.546. The third-order valence-corrected chi connectivity index (χ3v) is 4.32. The molecule has 1 aromatic carbocycles. The van der Waals surface area contributed by atoms with E-state index < -0.39 is 11.9 Å². The van der Waals surface area contributed by atoms with Gasteiger partial charge in [-0.2, -0.15) is 0 Å². The van der Waals surface area contributed by atoms with Crippen LogP contribution in [0.2, 0.25) is 0 Å². The first kappa shape index (κ1) is 16.1. The SMILES string of the molecule is [2H]C=C1C[C@H](n2cc(C)c(=O)n(C)c2=O)O[C@H]1COCc1ccccc1. The van der Waals surface area contributed by atoms with E-state index in [-0.39, 0.29) is 11.7 Å². The second-order valence-electron chi connectivity index (χ2n) is 6.23. The van der Waals surface area contributed by atoms with Crippen LogP contribution in [0.1, 0.15) is 25.1 Å². The Morgan fingerprint density at radius 1 is 1.36 bits per heavy atom. The van der Waals surface area contributed by atoms with Gasteiger partial charge in [-0.3, -0.25) is 13.9 Å². The maximum absolute atomic E-state index is 12.4. The highest BCUT2D eigenvalue weighted by atomic mass is 16.6. The van der Waals surface area contributed by atoms with Gasteiger partial charge in [-0.25, -0.2) is 4.79 Å². The molecule has 3 rings (SSSR count). The molecule has 1 aromatic heterocycles. The van der Waals surface area contributed by atoms with E-state index in [9.17, 15) is 9.59 Å². The predicted molar refractivity (Wildman–Crippen MR) is 94.4 cm³/mol. The average molecular weight is 343 g/mol. The van der Waals surface area contributed by atoms with E-state index >= 15 is 0 Å². The summed E-state index contributed by atoms with van der Waals surface area (Å²) in [6.45, 7) is 3.68. The Morgan fingerprint density at radius 2 is 2.12 bits per heavy atom. The molecule has 1 fully saturated rings. The van der Waals surface area contributed by atoms with Crippen molar-refractivity contribution in [1.82, 2.24) is 9.13 Å². The van der Waals surface area contributed by atoms with E-state index in [1.54, 1.807) is 6.92 Å². The summed E-state index contributed by atoms with van der Waals surface area (Å²) in [5.41, 5.74) is 1.55. The average Bonchev–Trinajstić information content (AvgIpc) is 3.07. The highest BCUT2D eigenvalue weighted by Gasteiger charge is 2.31. The van der Waals surface area contributed by atoms with Gasteiger partial charge in [-0.1, -0.05) is 36.9 Å². The van der Waals surface area contributed by atoms with E-state index in [0.29, 0.717) is 25.2 Å². The van der Waals surface area contributed by atoms with Crippen LogP contribution in [0, 0.1) is 6.92 Å². The summed E-state index contributed by atoms with van der Waals surface area (Å²) < 4.78 is 21.8. The van der Waals surface area contributed by atoms with Crippen molar-refractivity contribution in [3.05, 3.63) is 80.6 Å². The molecule has 0 bridgehead atoms. The van der Waals surface area contributed by atoms with Crippen LogP contribution in [0.25, 0.3) is 0 Å². The molecular weight excluding hydrogens is 320 g/mol. The second kappa shape index (κ2) is 7.21. The predicted octanol–water partition coefficient (Wildman–Crippen LogP) is 1.92. The first-order valence-electron chi connectivity index (χ1n) is 8.72. The highest BCUT2D eigenvalue weighted by molar-refractivity contribution is 5.14. The number of hydrogen-bond acceptors (Lipinski definition) is 4. The quantitative estimate of drug-likeness (QED) is 0.778. The van der Waals surface area contributed by atoms with Crippen molar-refractivity contribution in [2.75, 3.05) is 6.61 Å². The van der Waals surface area contributed by atoms with Crippen molar-refractivity contribution in [3.63, 3.8) is 0 Å². The normalized spacial score (nSPS) is 22.3. The number of aromatic nitrogens is 2. The van der Waals surface area contributed by atoms with E-state index in [4.69, 9.17) is 10.8 Å². The standard InChI is InChI=1S/C19H22N2O4/c1-13-9-17(21-10-14(2)18(22)20(3)19(21)23)25-16(13)12-24-11-15-7-5-4-6-8-15/h4-8,10,16-17H,1,9,11-12H2,2-3H3/t16-,17+/m0/s1/i1D. The number of aryl methyl sites for hydroxylation is 1. The monoisotopic (exact) mass is 343 g/mol. The Hall–Kier alpha value is -2.44. The van der Waals surface area contributed by atoms with Gasteiger partial charge in [0.25, 0.3) is 5.56 Å². The molecule has 1 saturated heterocycles. The molecule has 1 aliphatic rings. The van der Waals surface area contributed by atoms with Crippen molar-refractivity contribution in [1.29, 1.82) is 0 Å². The molecular formula is C19H22N2O4. The molecule has 6 heteroatoms. The lowest BCUT2D eigenvalue weighted by Gasteiger charge is -2.17. The fourth-order valence-corrected chi connectivity index (χ4v) is 2.88. The van der Waals surface area contributed by atoms with Crippen LogP contribution in [-0.2, 0) is 23.1 Å². The van der Waals surface area contributed by atoms with Gasteiger partial charge in [0, 0.05) is 25.2 Å². The van der Waals surface area contributed by atoms with Crippen LogP contribution >= 0.6 is 0 Å². The van der Waals surface area contributed by atoms with Crippen molar-refractivity contribution >= 4 is 0 Å². The molecule has 0 N–H and O–H groups in total. The Morgan fingerprint density at radius 3 is 2.84 bits per heavy atom. The molecule has 0 amide bonds. The highest BCUT2D eigenvalue weighted by Crippen LogP contribution is 2.31. The third-order valence-electron chi connectivity index (χ3n) is 4.32. The van der Waals surface area contributed by atoms with Crippen LogP contribution in [0.4, 0.5) is 0 Å². The molecule has 2 atom stereocenters. The maximum atomic E-state index is 12.4. The largest absolute Gasteiger partial charge is 0.374 e. The van der Waals surface area contributed by atoms with E-state index in [1.807, 2.05) is 30.3 Å². The first-order valence-corrected chi connectivity index (χ1v) is 8.14. The minimum absolute atomic E-state index is 0.301. The van der Waals surface area contributed by atoms with Crippen molar-refractivity contribution in [2.45, 2.75) is 32.3 Å². The molecule has 0 aliphatic carbocycles. The molecule has 1 aliphatic heterocycles. The zero-order chi connectivity index (χ0) is 18.7. The second-order valence-corrected chi connectivity index (χ2v) is 6.23. The van der Waals surface area contributed by atoms with Gasteiger partial charge >= 0.3 is 5.69 Å². The van der Waals surface area contributed by atoms with Gasteiger partial charge in [0.1, 0.15) is 12.3 Å². The lowest BCUT2D eigenvalue weighted by atomic mass is 10.1. The minimum Gasteiger partial charge on any atom is -0.374 e. The lowest BCUT2D eigenvalue weighted by molar-refractivity contribution is -0.0404. The molecule has 0 radical (unpaired) electrons. The number of benzene rings is 1. The van der Waals surface area contributed by atoms with Gasteiger partial charge in [0.2, 0.25) is 0 Å². The van der Waals surface area contributed by atoms with Crippen LogP contribution < -0.4 is 11.2 Å². The Balaban J connectivity index is 1.72. The number of ether oxygens (including phenoxy) is 2. The Kier molecular flexibility index (Phi) is 4.63. The molecule has 0 spiro atoms. The van der Waals surface area contributed by atoms with E-state index in [1.165, 1.54) is 24.4 Å². The van der Waals surface area contributed by atoms with Gasteiger partial charge in [0.05, 0.1) is 14.6 Å². The summed E-state index contributed by atoms with van der Waals surface area (Å²) >= 11 is 0. The van der Waals surface area contributed by atoms with Crippen LogP contribution in [0.3, 0.4) is 0 Å². The number of hydrogen-bond donors (Lipinski definition) is 0. The summed E-state index contributed by atoms with van der Waals surface area (Å²) in [6, 6.07) is 9.80. The fourth-order valence-electron chi connectivity index (χ4n) is 2.88. The fraction of sp³-hybridized carbons (Fsp3) is 0.368. The molecule has 0 saturated carbocycles. The van der Waals surface area contributed by atoms with Crippen molar-refractivity contribution < 1.29 is 10.8 Å². The molecule has 0 unspecified atom stereocenters. The number of rotatable bonds is 5. The molecule has 2 heterocycles. The van der Waals surface area contributed by atoms with Crippen LogP contribution in [0.15, 0.2) is 58.2 Å². The lowest BCUT2D eigenvalue weighted by Crippen LogP contribution is -2.40. The summed E-state index contributed by atoms with van der Waals surface area (Å²) in [5, 5.41) is 0. The zero-order valence-electron chi connectivity index (χ0n) is 15.3. The van der Waals surface area contributed by atoms with Crippen LogP contribution in [-0.4, -0.2) is 21.8 Å². The Bertz CT molecular complexity index is 917. The summed E-state index contributed by atoms with van der Waals surface area (Å²) in [4.78, 5) is 24.2. The van der Waals surface area contributed by atoms with E-state index in [2.05, 4.69) is 0 Å². The molecule has 25 heavy (non-hydrogen) atoms. The Labute approximate surface area is 147 Å². The first-order chi connectivity index (χ1) is 12.5. The topological polar surface area (TPSA) is 62.5 Å². The van der Waals surface area contributed by atoms with Crippen molar-refractivity contribution in [3.8, 4) is 0 Å². The van der Waals surface area contributed by atoms with Gasteiger partial charge in [0.15, 0.2) is 0 Å². The van der Waals surface area contributed by atoms with Crippen LogP contribution in [0.5, 0.6) is 0 Å². The van der Waals surface area contributed by atoms with Gasteiger partial charge in [-0.15, -0.1) is 0 Å². The van der Waals surface area contributed by atoms with Gasteiger partial charge in [-0.05, 0) is 18.1 Å². The summed E-state index contributed by atoms with van der Waals surface area (Å²) in [5.74, 6) is 0. The molecule has 2 aromatic rings.